The number of hydrogen-bond acceptors (Lipinski definition) is 7. The van der Waals surface area contributed by atoms with Crippen LogP contribution in [0, 0.1) is 0 Å². The number of hydrogen-bond donors (Lipinski definition) is 1. The molecule has 0 unspecified atom stereocenters. The summed E-state index contributed by atoms with van der Waals surface area (Å²) >= 11 is 8.92. The maximum Gasteiger partial charge on any atom is 0.231 e. The molecule has 0 radical (unpaired) electrons. The summed E-state index contributed by atoms with van der Waals surface area (Å²) in [6.07, 6.45) is 2.21. The molecule has 0 rings (SSSR count). The third-order valence-corrected chi connectivity index (χ3v) is 7.81. The number of ether oxygens (including phenoxy) is 1. The van der Waals surface area contributed by atoms with Crippen molar-refractivity contribution in [1.82, 2.24) is 0 Å². The van der Waals surface area contributed by atoms with Crippen LogP contribution < -0.4 is 0 Å². The van der Waals surface area contributed by atoms with Crippen LogP contribution in [0.4, 0.5) is 0 Å². The van der Waals surface area contributed by atoms with Gasteiger partial charge in [0.2, 0.25) is 4.38 Å². The molecule has 1 nitrogen and oxygen atoms in total. The zero-order valence-electron chi connectivity index (χ0n) is 6.52. The summed E-state index contributed by atoms with van der Waals surface area (Å²) in [4.78, 5) is 0. The Hall–Kier alpha value is 1.64. The minimum atomic E-state index is 0.614. The van der Waals surface area contributed by atoms with Crippen molar-refractivity contribution in [2.24, 2.45) is 0 Å². The molecule has 0 aliphatic rings. The zero-order chi connectivity index (χ0) is 9.23. The molecule has 0 aliphatic carbocycles. The van der Waals surface area contributed by atoms with Crippen molar-refractivity contribution >= 4 is 68.5 Å². The summed E-state index contributed by atoms with van der Waals surface area (Å²) in [5.41, 5.74) is 0. The van der Waals surface area contributed by atoms with Crippen LogP contribution in [0.3, 0.4) is 0 Å². The molecule has 0 aliphatic heterocycles. The molecule has 0 atom stereocenters. The van der Waals surface area contributed by atoms with Gasteiger partial charge in [0, 0.05) is 10.8 Å². The van der Waals surface area contributed by atoms with Crippen LogP contribution in [0.5, 0.6) is 0 Å². The van der Waals surface area contributed by atoms with Crippen LogP contribution in [-0.2, 0) is 4.74 Å². The van der Waals surface area contributed by atoms with Gasteiger partial charge in [0.25, 0.3) is 0 Å². The van der Waals surface area contributed by atoms with E-state index in [0.29, 0.717) is 4.38 Å². The maximum atomic E-state index is 5.26. The predicted molar refractivity (Wildman–Crippen MR) is 72.8 cm³/mol. The molecule has 0 bridgehead atoms. The lowest BCUT2D eigenvalue weighted by molar-refractivity contribution is 0.313. The van der Waals surface area contributed by atoms with E-state index in [4.69, 9.17) is 17.0 Å². The topological polar surface area (TPSA) is 9.23 Å². The molecule has 0 aromatic heterocycles. The predicted octanol–water partition coefficient (Wildman–Crippen LogP) is 4.61. The Bertz CT molecular complexity index is 107. The Balaban J connectivity index is 3.10. The maximum absolute atomic E-state index is 5.26. The average Bonchev–Trinajstić information content (AvgIpc) is 2.06. The standard InChI is InChI=1S/C5H10OS6/c1-2-3-4-6-5(7)9-11-12-10-8/h8H,2-4H2,1H3. The minimum Gasteiger partial charge on any atom is -0.478 e. The van der Waals surface area contributed by atoms with E-state index < -0.39 is 0 Å². The van der Waals surface area contributed by atoms with E-state index in [-0.39, 0.29) is 0 Å². The number of unbranched alkanes of at least 4 members (excludes halogenated alkanes) is 1. The largest absolute Gasteiger partial charge is 0.478 e. The van der Waals surface area contributed by atoms with Gasteiger partial charge in [-0.15, -0.1) is 0 Å². The highest BCUT2D eigenvalue weighted by atomic mass is 33.8. The summed E-state index contributed by atoms with van der Waals surface area (Å²) in [6, 6.07) is 0. The normalized spacial score (nSPS) is 9.83. The first-order valence-corrected chi connectivity index (χ1v) is 9.57. The molecule has 0 heterocycles. The fourth-order valence-corrected chi connectivity index (χ4v) is 6.33. The minimum absolute atomic E-state index is 0.614. The van der Waals surface area contributed by atoms with E-state index in [9.17, 15) is 0 Å². The van der Waals surface area contributed by atoms with Crippen LogP contribution in [0.2, 0.25) is 0 Å². The molecular formula is C5H10OS6. The molecule has 7 heteroatoms. The lowest BCUT2D eigenvalue weighted by atomic mass is 10.4. The molecular weight excluding hydrogens is 268 g/mol. The monoisotopic (exact) mass is 278 g/mol. The molecule has 0 saturated carbocycles. The first-order chi connectivity index (χ1) is 5.81. The van der Waals surface area contributed by atoms with E-state index in [1.165, 1.54) is 20.6 Å². The van der Waals surface area contributed by atoms with Crippen LogP contribution in [-0.4, -0.2) is 11.0 Å². The highest BCUT2D eigenvalue weighted by Gasteiger charge is 1.98. The van der Waals surface area contributed by atoms with E-state index in [2.05, 4.69) is 18.6 Å². The van der Waals surface area contributed by atoms with Crippen molar-refractivity contribution in [2.45, 2.75) is 19.8 Å². The van der Waals surface area contributed by atoms with Crippen molar-refractivity contribution in [2.75, 3.05) is 6.61 Å². The van der Waals surface area contributed by atoms with Gasteiger partial charge in [0.05, 0.1) is 6.61 Å². The summed E-state index contributed by atoms with van der Waals surface area (Å²) < 4.78 is 5.87. The van der Waals surface area contributed by atoms with Gasteiger partial charge in [-0.05, 0) is 48.1 Å². The van der Waals surface area contributed by atoms with Crippen LogP contribution in [0.15, 0.2) is 0 Å². The van der Waals surface area contributed by atoms with Crippen molar-refractivity contribution in [3.63, 3.8) is 0 Å². The number of thiocarbonyl (C=S) groups is 1. The average molecular weight is 279 g/mol. The van der Waals surface area contributed by atoms with Gasteiger partial charge >= 0.3 is 0 Å². The van der Waals surface area contributed by atoms with E-state index in [0.717, 1.165) is 19.4 Å². The van der Waals surface area contributed by atoms with E-state index in [1.54, 1.807) is 19.7 Å². The van der Waals surface area contributed by atoms with Crippen LogP contribution in [0.1, 0.15) is 19.8 Å². The Kier molecular flexibility index (Phi) is 12.2. The van der Waals surface area contributed by atoms with Crippen LogP contribution >= 0.6 is 64.2 Å². The molecule has 12 heavy (non-hydrogen) atoms. The first-order valence-electron chi connectivity index (χ1n) is 3.29. The van der Waals surface area contributed by atoms with Gasteiger partial charge in [-0.2, -0.15) is 0 Å². The van der Waals surface area contributed by atoms with Crippen molar-refractivity contribution in [3.05, 3.63) is 0 Å². The summed E-state index contributed by atoms with van der Waals surface area (Å²) in [7, 11) is 6.02. The summed E-state index contributed by atoms with van der Waals surface area (Å²) in [5, 5.41) is 0. The fraction of sp³-hybridized carbons (Fsp3) is 0.800. The second-order valence-electron chi connectivity index (χ2n) is 1.75. The smallest absolute Gasteiger partial charge is 0.231 e. The second-order valence-corrected chi connectivity index (χ2v) is 8.89. The Labute approximate surface area is 98.9 Å². The van der Waals surface area contributed by atoms with E-state index >= 15 is 0 Å². The lowest BCUT2D eigenvalue weighted by Crippen LogP contribution is -1.96. The van der Waals surface area contributed by atoms with Gasteiger partial charge in [-0.3, -0.25) is 0 Å². The Morgan fingerprint density at radius 3 is 2.83 bits per heavy atom. The molecule has 0 fully saturated rings. The van der Waals surface area contributed by atoms with Gasteiger partial charge in [0.15, 0.2) is 0 Å². The van der Waals surface area contributed by atoms with Crippen molar-refractivity contribution in [3.8, 4) is 0 Å². The van der Waals surface area contributed by atoms with Gasteiger partial charge in [-0.25, -0.2) is 0 Å². The lowest BCUT2D eigenvalue weighted by Gasteiger charge is -2.03. The molecule has 0 aromatic rings. The highest BCUT2D eigenvalue weighted by Crippen LogP contribution is 2.45. The van der Waals surface area contributed by atoms with Crippen LogP contribution in [0.25, 0.3) is 0 Å². The van der Waals surface area contributed by atoms with Crippen molar-refractivity contribution in [1.29, 1.82) is 0 Å². The first kappa shape index (κ1) is 13.6. The van der Waals surface area contributed by atoms with E-state index in [1.807, 2.05) is 0 Å². The van der Waals surface area contributed by atoms with Gasteiger partial charge < -0.3 is 4.74 Å². The molecule has 0 saturated heterocycles. The third kappa shape index (κ3) is 9.73. The fourth-order valence-electron chi connectivity index (χ4n) is 0.378. The zero-order valence-corrected chi connectivity index (χ0v) is 11.5. The second kappa shape index (κ2) is 10.7. The quantitative estimate of drug-likeness (QED) is 0.326. The Morgan fingerprint density at radius 2 is 2.25 bits per heavy atom. The molecule has 0 spiro atoms. The summed E-state index contributed by atoms with van der Waals surface area (Å²) in [5.74, 6) is 0. The summed E-state index contributed by atoms with van der Waals surface area (Å²) in [6.45, 7) is 2.86. The van der Waals surface area contributed by atoms with Gasteiger partial charge in [-0.1, -0.05) is 25.0 Å². The van der Waals surface area contributed by atoms with Crippen molar-refractivity contribution < 1.29 is 4.74 Å². The number of thiol groups is 1. The number of rotatable bonds is 6. The SMILES string of the molecule is CCCCOC(=S)SSSSS. The molecule has 0 amide bonds. The molecule has 72 valence electrons. The molecule has 0 aromatic carbocycles. The third-order valence-electron chi connectivity index (χ3n) is 0.878. The molecule has 0 N–H and O–H groups in total. The highest BCUT2D eigenvalue weighted by molar-refractivity contribution is 9.35. The van der Waals surface area contributed by atoms with Gasteiger partial charge in [0.1, 0.15) is 0 Å². The Morgan fingerprint density at radius 1 is 1.50 bits per heavy atom.